The molecule has 2 amide bonds. The van der Waals surface area contributed by atoms with Gasteiger partial charge in [0.1, 0.15) is 5.69 Å². The van der Waals surface area contributed by atoms with Crippen LogP contribution in [0.5, 0.6) is 0 Å². The van der Waals surface area contributed by atoms with Gasteiger partial charge in [-0.25, -0.2) is 0 Å². The molecule has 0 fully saturated rings. The van der Waals surface area contributed by atoms with Crippen LogP contribution in [0.25, 0.3) is 0 Å². The summed E-state index contributed by atoms with van der Waals surface area (Å²) in [5.41, 5.74) is 4.89. The van der Waals surface area contributed by atoms with Crippen molar-refractivity contribution in [2.45, 2.75) is 0 Å². The molecule has 0 aliphatic heterocycles. The van der Waals surface area contributed by atoms with Crippen LogP contribution in [-0.4, -0.2) is 16.8 Å². The molecule has 5 nitrogen and oxygen atoms in total. The molecule has 0 saturated carbocycles. The highest BCUT2D eigenvalue weighted by atomic mass is 35.5. The second kappa shape index (κ2) is 6.36. The lowest BCUT2D eigenvalue weighted by Crippen LogP contribution is -2.42. The third kappa shape index (κ3) is 3.46. The van der Waals surface area contributed by atoms with Crippen molar-refractivity contribution in [2.75, 3.05) is 0 Å². The average molecular weight is 310 g/mol. The Morgan fingerprint density at radius 3 is 2.40 bits per heavy atom. The molecule has 0 aliphatic rings. The van der Waals surface area contributed by atoms with Gasteiger partial charge in [0, 0.05) is 11.2 Å². The van der Waals surface area contributed by atoms with Crippen molar-refractivity contribution in [2.24, 2.45) is 0 Å². The van der Waals surface area contributed by atoms with Gasteiger partial charge in [0.05, 0.1) is 10.6 Å². The van der Waals surface area contributed by atoms with Crippen LogP contribution >= 0.6 is 23.2 Å². The zero-order chi connectivity index (χ0) is 14.5. The number of rotatable bonds is 2. The van der Waals surface area contributed by atoms with Crippen molar-refractivity contribution < 1.29 is 9.59 Å². The molecule has 0 saturated heterocycles. The van der Waals surface area contributed by atoms with E-state index in [0.717, 1.165) is 0 Å². The highest BCUT2D eigenvalue weighted by molar-refractivity contribution is 6.36. The Hall–Kier alpha value is -2.11. The second-order valence-corrected chi connectivity index (χ2v) is 4.59. The number of hydrogen-bond donors (Lipinski definition) is 2. The Labute approximate surface area is 124 Å². The zero-order valence-electron chi connectivity index (χ0n) is 10.1. The lowest BCUT2D eigenvalue weighted by molar-refractivity contribution is 0.0844. The molecule has 20 heavy (non-hydrogen) atoms. The Morgan fingerprint density at radius 1 is 1.00 bits per heavy atom. The summed E-state index contributed by atoms with van der Waals surface area (Å²) in [6, 6.07) is 9.31. The van der Waals surface area contributed by atoms with Gasteiger partial charge in [-0.2, -0.15) is 0 Å². The molecule has 1 aromatic heterocycles. The number of benzene rings is 1. The van der Waals surface area contributed by atoms with E-state index in [2.05, 4.69) is 15.8 Å². The fraction of sp³-hybridized carbons (Fsp3) is 0. The molecule has 0 aliphatic carbocycles. The van der Waals surface area contributed by atoms with Crippen molar-refractivity contribution in [3.8, 4) is 0 Å². The summed E-state index contributed by atoms with van der Waals surface area (Å²) in [6.07, 6.45) is 1.48. The van der Waals surface area contributed by atoms with Crippen molar-refractivity contribution in [3.05, 3.63) is 63.9 Å². The number of carbonyl (C=O) groups is 2. The van der Waals surface area contributed by atoms with Crippen molar-refractivity contribution in [3.63, 3.8) is 0 Å². The lowest BCUT2D eigenvalue weighted by atomic mass is 10.2. The standard InChI is InChI=1S/C13H9Cl2N3O2/c14-8-4-5-9(10(15)7-8)12(19)17-18-13(20)11-3-1-2-6-16-11/h1-7H,(H,17,19)(H,18,20). The molecule has 0 spiro atoms. The number of hydrogen-bond acceptors (Lipinski definition) is 3. The molecule has 1 heterocycles. The molecule has 2 N–H and O–H groups in total. The Bertz CT molecular complexity index is 647. The van der Waals surface area contributed by atoms with Crippen LogP contribution < -0.4 is 10.9 Å². The minimum absolute atomic E-state index is 0.190. The third-order valence-corrected chi connectivity index (χ3v) is 2.91. The second-order valence-electron chi connectivity index (χ2n) is 3.75. The van der Waals surface area contributed by atoms with Crippen LogP contribution in [0.4, 0.5) is 0 Å². The molecule has 0 bridgehead atoms. The summed E-state index contributed by atoms with van der Waals surface area (Å²) < 4.78 is 0. The van der Waals surface area contributed by atoms with Gasteiger partial charge in [-0.3, -0.25) is 25.4 Å². The maximum absolute atomic E-state index is 11.8. The molecule has 2 rings (SSSR count). The van der Waals surface area contributed by atoms with Gasteiger partial charge < -0.3 is 0 Å². The Morgan fingerprint density at radius 2 is 1.75 bits per heavy atom. The maximum atomic E-state index is 11.8. The number of pyridine rings is 1. The number of nitrogens with zero attached hydrogens (tertiary/aromatic N) is 1. The molecule has 7 heteroatoms. The first kappa shape index (κ1) is 14.3. The van der Waals surface area contributed by atoms with Gasteiger partial charge in [-0.1, -0.05) is 29.3 Å². The van der Waals surface area contributed by atoms with Crippen molar-refractivity contribution in [1.82, 2.24) is 15.8 Å². The maximum Gasteiger partial charge on any atom is 0.288 e. The summed E-state index contributed by atoms with van der Waals surface area (Å²) in [7, 11) is 0. The van der Waals surface area contributed by atoms with Crippen LogP contribution in [0.2, 0.25) is 10.0 Å². The Balaban J connectivity index is 2.00. The Kier molecular flexibility index (Phi) is 4.55. The first-order valence-corrected chi connectivity index (χ1v) is 6.30. The summed E-state index contributed by atoms with van der Waals surface area (Å²) in [5.74, 6) is -1.07. The smallest absolute Gasteiger partial charge is 0.267 e. The number of amides is 2. The fourth-order valence-corrected chi connectivity index (χ4v) is 1.91. The summed E-state index contributed by atoms with van der Waals surface area (Å²) >= 11 is 11.6. The normalized spacial score (nSPS) is 9.90. The van der Waals surface area contributed by atoms with Crippen molar-refractivity contribution >= 4 is 35.0 Å². The average Bonchev–Trinajstić information content (AvgIpc) is 2.45. The highest BCUT2D eigenvalue weighted by Gasteiger charge is 2.12. The predicted octanol–water partition coefficient (Wildman–Crippen LogP) is 2.46. The molecule has 102 valence electrons. The molecule has 0 atom stereocenters. The van der Waals surface area contributed by atoms with E-state index in [4.69, 9.17) is 23.2 Å². The van der Waals surface area contributed by atoms with Crippen molar-refractivity contribution in [1.29, 1.82) is 0 Å². The van der Waals surface area contributed by atoms with Crippen LogP contribution in [0.3, 0.4) is 0 Å². The topological polar surface area (TPSA) is 71.1 Å². The number of nitrogens with one attached hydrogen (secondary N) is 2. The van der Waals surface area contributed by atoms with Gasteiger partial charge in [0.25, 0.3) is 11.8 Å². The number of aromatic nitrogens is 1. The molecule has 0 radical (unpaired) electrons. The fourth-order valence-electron chi connectivity index (χ4n) is 1.42. The third-order valence-electron chi connectivity index (χ3n) is 2.36. The van der Waals surface area contributed by atoms with Gasteiger partial charge in [0.15, 0.2) is 0 Å². The van der Waals surface area contributed by atoms with E-state index >= 15 is 0 Å². The van der Waals surface area contributed by atoms with Gasteiger partial charge >= 0.3 is 0 Å². The van der Waals surface area contributed by atoms with Crippen LogP contribution in [0.15, 0.2) is 42.6 Å². The minimum Gasteiger partial charge on any atom is -0.267 e. The van der Waals surface area contributed by atoms with E-state index in [0.29, 0.717) is 5.02 Å². The summed E-state index contributed by atoms with van der Waals surface area (Å²) in [5, 5.41) is 0.617. The SMILES string of the molecule is O=C(NNC(=O)c1ccc(Cl)cc1Cl)c1ccccn1. The zero-order valence-corrected chi connectivity index (χ0v) is 11.6. The molecular weight excluding hydrogens is 301 g/mol. The summed E-state index contributed by atoms with van der Waals surface area (Å²) in [4.78, 5) is 27.4. The number of carbonyl (C=O) groups excluding carboxylic acids is 2. The highest BCUT2D eigenvalue weighted by Crippen LogP contribution is 2.20. The molecule has 0 unspecified atom stereocenters. The van der Waals surface area contributed by atoms with E-state index in [1.54, 1.807) is 12.1 Å². The number of halogens is 2. The van der Waals surface area contributed by atoms with Gasteiger partial charge in [-0.15, -0.1) is 0 Å². The molecular formula is C13H9Cl2N3O2. The van der Waals surface area contributed by atoms with E-state index in [1.807, 2.05) is 0 Å². The quantitative estimate of drug-likeness (QED) is 0.837. The number of hydrazine groups is 1. The predicted molar refractivity (Wildman–Crippen MR) is 75.6 cm³/mol. The molecule has 2 aromatic rings. The van der Waals surface area contributed by atoms with Gasteiger partial charge in [0.2, 0.25) is 0 Å². The minimum atomic E-state index is -0.545. The van der Waals surface area contributed by atoms with E-state index in [-0.39, 0.29) is 16.3 Å². The van der Waals surface area contributed by atoms with Crippen LogP contribution in [0, 0.1) is 0 Å². The van der Waals surface area contributed by atoms with E-state index in [1.165, 1.54) is 30.5 Å². The lowest BCUT2D eigenvalue weighted by Gasteiger charge is -2.08. The van der Waals surface area contributed by atoms with Gasteiger partial charge in [-0.05, 0) is 30.3 Å². The van der Waals surface area contributed by atoms with Crippen LogP contribution in [0.1, 0.15) is 20.8 Å². The first-order valence-electron chi connectivity index (χ1n) is 5.54. The molecule has 1 aromatic carbocycles. The largest absolute Gasteiger partial charge is 0.288 e. The first-order chi connectivity index (χ1) is 9.58. The summed E-state index contributed by atoms with van der Waals surface area (Å²) in [6.45, 7) is 0. The van der Waals surface area contributed by atoms with E-state index in [9.17, 15) is 9.59 Å². The van der Waals surface area contributed by atoms with E-state index < -0.39 is 11.8 Å². The monoisotopic (exact) mass is 309 g/mol. The van der Waals surface area contributed by atoms with Crippen LogP contribution in [-0.2, 0) is 0 Å².